The first-order valence-corrected chi connectivity index (χ1v) is 7.06. The monoisotopic (exact) mass is 283 g/mol. The van der Waals surface area contributed by atoms with Gasteiger partial charge in [-0.1, -0.05) is 11.6 Å². The average Bonchev–Trinajstić information content (AvgIpc) is 2.57. The van der Waals surface area contributed by atoms with Crippen molar-refractivity contribution in [2.75, 3.05) is 46.9 Å². The smallest absolute Gasteiger partial charge is 0.0593 e. The van der Waals surface area contributed by atoms with Crippen molar-refractivity contribution in [1.82, 2.24) is 14.8 Å². The second kappa shape index (κ2) is 7.20. The van der Waals surface area contributed by atoms with Gasteiger partial charge >= 0.3 is 0 Å². The molecule has 1 atom stereocenters. The van der Waals surface area contributed by atoms with Crippen LogP contribution >= 0.6 is 11.6 Å². The average molecular weight is 284 g/mol. The Balaban J connectivity index is 1.97. The Kier molecular flexibility index (Phi) is 5.58. The van der Waals surface area contributed by atoms with E-state index >= 15 is 0 Å². The van der Waals surface area contributed by atoms with E-state index in [0.29, 0.717) is 5.92 Å². The summed E-state index contributed by atoms with van der Waals surface area (Å²) in [6.45, 7) is 5.53. The van der Waals surface area contributed by atoms with Crippen LogP contribution in [-0.4, -0.2) is 61.7 Å². The molecule has 1 aromatic heterocycles. The van der Waals surface area contributed by atoms with E-state index in [1.54, 1.807) is 6.20 Å². The third-order valence-electron chi connectivity index (χ3n) is 3.28. The summed E-state index contributed by atoms with van der Waals surface area (Å²) in [4.78, 5) is 8.77. The van der Waals surface area contributed by atoms with Crippen LogP contribution in [0.3, 0.4) is 0 Å². The molecular weight excluding hydrogens is 262 g/mol. The molecule has 19 heavy (non-hydrogen) atoms. The number of pyridine rings is 1. The van der Waals surface area contributed by atoms with Crippen LogP contribution in [0.25, 0.3) is 0 Å². The molecule has 0 spiro atoms. The number of hydrogen-bond donors (Lipinski definition) is 0. The lowest BCUT2D eigenvalue weighted by atomic mass is 10.1. The van der Waals surface area contributed by atoms with Gasteiger partial charge in [-0.05, 0) is 20.2 Å². The number of nitrogens with zero attached hydrogens (tertiary/aromatic N) is 3. The van der Waals surface area contributed by atoms with Crippen LogP contribution in [0.15, 0.2) is 18.5 Å². The van der Waals surface area contributed by atoms with Gasteiger partial charge in [-0.25, -0.2) is 0 Å². The lowest BCUT2D eigenvalue weighted by Gasteiger charge is -2.25. The minimum atomic E-state index is 0.549. The maximum Gasteiger partial charge on any atom is 0.0593 e. The van der Waals surface area contributed by atoms with Gasteiger partial charge in [0.2, 0.25) is 0 Å². The third-order valence-corrected chi connectivity index (χ3v) is 3.65. The van der Waals surface area contributed by atoms with Crippen molar-refractivity contribution in [2.24, 2.45) is 5.92 Å². The summed E-state index contributed by atoms with van der Waals surface area (Å²) in [5, 5.41) is 0.796. The van der Waals surface area contributed by atoms with Crippen LogP contribution in [0, 0.1) is 5.92 Å². The van der Waals surface area contributed by atoms with Crippen molar-refractivity contribution < 1.29 is 4.74 Å². The topological polar surface area (TPSA) is 28.6 Å². The molecule has 2 rings (SSSR count). The van der Waals surface area contributed by atoms with E-state index in [-0.39, 0.29) is 0 Å². The maximum absolute atomic E-state index is 6.20. The Bertz CT molecular complexity index is 400. The standard InChI is InChI=1S/C14H22ClN3O/c1-17(2)8-12-9-18(5-6-19-11-12)10-13-7-16-4-3-14(13)15/h3-4,7,12H,5-6,8-11H2,1-2H3/t12-/m1/s1. The molecular formula is C14H22ClN3O. The van der Waals surface area contributed by atoms with Crippen molar-refractivity contribution in [1.29, 1.82) is 0 Å². The van der Waals surface area contributed by atoms with Crippen LogP contribution in [0.1, 0.15) is 5.56 Å². The zero-order valence-corrected chi connectivity index (χ0v) is 12.4. The molecule has 1 fully saturated rings. The first-order valence-electron chi connectivity index (χ1n) is 6.68. The predicted octanol–water partition coefficient (Wildman–Crippen LogP) is 1.74. The molecule has 1 aromatic rings. The first-order chi connectivity index (χ1) is 9.15. The van der Waals surface area contributed by atoms with Crippen molar-refractivity contribution in [3.63, 3.8) is 0 Å². The Morgan fingerprint density at radius 2 is 2.37 bits per heavy atom. The quantitative estimate of drug-likeness (QED) is 0.842. The van der Waals surface area contributed by atoms with Crippen LogP contribution in [0.4, 0.5) is 0 Å². The van der Waals surface area contributed by atoms with Crippen LogP contribution < -0.4 is 0 Å². The zero-order chi connectivity index (χ0) is 13.7. The molecule has 0 unspecified atom stereocenters. The van der Waals surface area contributed by atoms with Gasteiger partial charge in [0.25, 0.3) is 0 Å². The van der Waals surface area contributed by atoms with Gasteiger partial charge in [0.05, 0.1) is 13.2 Å². The molecule has 0 amide bonds. The minimum Gasteiger partial charge on any atom is -0.380 e. The van der Waals surface area contributed by atoms with E-state index in [4.69, 9.17) is 16.3 Å². The summed E-state index contributed by atoms with van der Waals surface area (Å²) in [6, 6.07) is 1.85. The van der Waals surface area contributed by atoms with Crippen LogP contribution in [0.5, 0.6) is 0 Å². The van der Waals surface area contributed by atoms with Gasteiger partial charge in [-0.15, -0.1) is 0 Å². The number of hydrogen-bond acceptors (Lipinski definition) is 4. The molecule has 0 saturated carbocycles. The fourth-order valence-electron chi connectivity index (χ4n) is 2.49. The molecule has 1 saturated heterocycles. The minimum absolute atomic E-state index is 0.549. The fraction of sp³-hybridized carbons (Fsp3) is 0.643. The number of aromatic nitrogens is 1. The molecule has 1 aliphatic rings. The highest BCUT2D eigenvalue weighted by molar-refractivity contribution is 6.31. The molecule has 2 heterocycles. The Morgan fingerprint density at radius 3 is 3.11 bits per heavy atom. The molecule has 0 aromatic carbocycles. The van der Waals surface area contributed by atoms with Crippen LogP contribution in [0.2, 0.25) is 5.02 Å². The van der Waals surface area contributed by atoms with Gasteiger partial charge in [0, 0.05) is 55.1 Å². The van der Waals surface area contributed by atoms with E-state index < -0.39 is 0 Å². The third kappa shape index (κ3) is 4.73. The lowest BCUT2D eigenvalue weighted by Crippen LogP contribution is -2.34. The molecule has 106 valence electrons. The highest BCUT2D eigenvalue weighted by Crippen LogP contribution is 2.17. The second-order valence-corrected chi connectivity index (χ2v) is 5.81. The summed E-state index contributed by atoms with van der Waals surface area (Å²) in [5.41, 5.74) is 1.09. The molecule has 0 N–H and O–H groups in total. The predicted molar refractivity (Wildman–Crippen MR) is 77.4 cm³/mol. The van der Waals surface area contributed by atoms with Gasteiger partial charge in [-0.2, -0.15) is 0 Å². The van der Waals surface area contributed by atoms with Crippen molar-refractivity contribution in [3.05, 3.63) is 29.0 Å². The summed E-state index contributed by atoms with van der Waals surface area (Å²) < 4.78 is 5.69. The van der Waals surface area contributed by atoms with E-state index in [0.717, 1.165) is 50.0 Å². The van der Waals surface area contributed by atoms with E-state index in [1.807, 2.05) is 12.3 Å². The molecule has 0 aliphatic carbocycles. The van der Waals surface area contributed by atoms with Crippen molar-refractivity contribution in [3.8, 4) is 0 Å². The molecule has 5 heteroatoms. The van der Waals surface area contributed by atoms with E-state index in [1.165, 1.54) is 0 Å². The highest BCUT2D eigenvalue weighted by Gasteiger charge is 2.19. The molecule has 0 bridgehead atoms. The van der Waals surface area contributed by atoms with Crippen molar-refractivity contribution >= 4 is 11.6 Å². The SMILES string of the molecule is CN(C)C[C@H]1COCCN(Cc2cnccc2Cl)C1. The van der Waals surface area contributed by atoms with E-state index in [2.05, 4.69) is 28.9 Å². The number of rotatable bonds is 4. The maximum atomic E-state index is 6.20. The lowest BCUT2D eigenvalue weighted by molar-refractivity contribution is 0.112. The molecule has 4 nitrogen and oxygen atoms in total. The highest BCUT2D eigenvalue weighted by atomic mass is 35.5. The second-order valence-electron chi connectivity index (χ2n) is 5.41. The number of ether oxygens (including phenoxy) is 1. The summed E-state index contributed by atoms with van der Waals surface area (Å²) >= 11 is 6.20. The summed E-state index contributed by atoms with van der Waals surface area (Å²) in [7, 11) is 4.21. The Morgan fingerprint density at radius 1 is 1.53 bits per heavy atom. The number of halogens is 1. The Labute approximate surface area is 120 Å². The Hall–Kier alpha value is -0.680. The van der Waals surface area contributed by atoms with Gasteiger partial charge in [0.15, 0.2) is 0 Å². The van der Waals surface area contributed by atoms with Crippen molar-refractivity contribution in [2.45, 2.75) is 6.54 Å². The first kappa shape index (κ1) is 14.7. The van der Waals surface area contributed by atoms with Gasteiger partial charge < -0.3 is 9.64 Å². The van der Waals surface area contributed by atoms with E-state index in [9.17, 15) is 0 Å². The van der Waals surface area contributed by atoms with Gasteiger partial charge in [0.1, 0.15) is 0 Å². The zero-order valence-electron chi connectivity index (χ0n) is 11.7. The summed E-state index contributed by atoms with van der Waals surface area (Å²) in [6.07, 6.45) is 3.58. The fourth-order valence-corrected chi connectivity index (χ4v) is 2.66. The molecule has 0 radical (unpaired) electrons. The molecule has 1 aliphatic heterocycles. The summed E-state index contributed by atoms with van der Waals surface area (Å²) in [5.74, 6) is 0.549. The largest absolute Gasteiger partial charge is 0.380 e. The normalized spacial score (nSPS) is 21.6. The van der Waals surface area contributed by atoms with Crippen LogP contribution in [-0.2, 0) is 11.3 Å². The van der Waals surface area contributed by atoms with Gasteiger partial charge in [-0.3, -0.25) is 9.88 Å².